The molecule has 0 aliphatic carbocycles. The summed E-state index contributed by atoms with van der Waals surface area (Å²) in [5.41, 5.74) is 0. The number of amides is 2. The number of hydrogen-bond donors (Lipinski definition) is 2. The topological polar surface area (TPSA) is 90.3 Å². The van der Waals surface area contributed by atoms with E-state index in [4.69, 9.17) is 9.84 Å². The van der Waals surface area contributed by atoms with Gasteiger partial charge >= 0.3 is 12.0 Å². The van der Waals surface area contributed by atoms with E-state index in [0.29, 0.717) is 19.6 Å². The van der Waals surface area contributed by atoms with Crippen LogP contribution >= 0.6 is 0 Å². The van der Waals surface area contributed by atoms with E-state index < -0.39 is 5.97 Å². The Bertz CT molecular complexity index is 390. The van der Waals surface area contributed by atoms with Crippen LogP contribution in [0.5, 0.6) is 0 Å². The second-order valence-electron chi connectivity index (χ2n) is 5.88. The number of ether oxygens (including phenoxy) is 1. The van der Waals surface area contributed by atoms with Gasteiger partial charge in [0, 0.05) is 19.1 Å². The summed E-state index contributed by atoms with van der Waals surface area (Å²) in [5, 5.41) is 18.2. The van der Waals surface area contributed by atoms with Crippen molar-refractivity contribution < 1.29 is 24.5 Å². The lowest BCUT2D eigenvalue weighted by Crippen LogP contribution is -2.57. The van der Waals surface area contributed by atoms with Crippen molar-refractivity contribution in [2.24, 2.45) is 0 Å². The molecule has 2 aliphatic heterocycles. The smallest absolute Gasteiger partial charge is 0.320 e. The highest BCUT2D eigenvalue weighted by molar-refractivity contribution is 5.76. The van der Waals surface area contributed by atoms with Gasteiger partial charge < -0.3 is 24.7 Å². The number of nitrogens with zero attached hydrogens (tertiary/aromatic N) is 2. The lowest BCUT2D eigenvalue weighted by molar-refractivity contribution is -0.138. The number of carboxylic acids is 1. The number of rotatable bonds is 3. The van der Waals surface area contributed by atoms with Gasteiger partial charge in [0.25, 0.3) is 0 Å². The van der Waals surface area contributed by atoms with Gasteiger partial charge in [-0.25, -0.2) is 4.79 Å². The van der Waals surface area contributed by atoms with Crippen molar-refractivity contribution in [2.75, 3.05) is 26.2 Å². The van der Waals surface area contributed by atoms with Gasteiger partial charge in [0.15, 0.2) is 0 Å². The second-order valence-corrected chi connectivity index (χ2v) is 5.88. The summed E-state index contributed by atoms with van der Waals surface area (Å²) >= 11 is 0. The molecule has 7 nitrogen and oxygen atoms in total. The predicted octanol–water partition coefficient (Wildman–Crippen LogP) is 0.517. The molecule has 0 bridgehead atoms. The third kappa shape index (κ3) is 4.07. The molecule has 2 N–H and O–H groups in total. The Labute approximate surface area is 124 Å². The van der Waals surface area contributed by atoms with Gasteiger partial charge in [-0.15, -0.1) is 0 Å². The number of aliphatic carboxylic acids is 1. The Morgan fingerprint density at radius 2 is 2.05 bits per heavy atom. The Morgan fingerprint density at radius 1 is 1.29 bits per heavy atom. The van der Waals surface area contributed by atoms with E-state index in [-0.39, 0.29) is 37.3 Å². The maximum Gasteiger partial charge on any atom is 0.320 e. The molecule has 0 aromatic heterocycles. The molecule has 2 heterocycles. The number of aliphatic hydroxyl groups excluding tert-OH is 1. The molecule has 0 radical (unpaired) electrons. The zero-order valence-electron chi connectivity index (χ0n) is 12.4. The Hall–Kier alpha value is -1.34. The number of piperidine rings is 1. The number of morpholine rings is 1. The van der Waals surface area contributed by atoms with Gasteiger partial charge in [0.2, 0.25) is 0 Å². The highest BCUT2D eigenvalue weighted by Crippen LogP contribution is 2.23. The third-order valence-electron chi connectivity index (χ3n) is 4.08. The first-order chi connectivity index (χ1) is 10.0. The lowest BCUT2D eigenvalue weighted by Gasteiger charge is -2.42. The number of carbonyl (C=O) groups is 2. The van der Waals surface area contributed by atoms with Crippen molar-refractivity contribution in [3.8, 4) is 0 Å². The second kappa shape index (κ2) is 7.09. The number of urea groups is 1. The van der Waals surface area contributed by atoms with Crippen LogP contribution in [-0.2, 0) is 9.53 Å². The maximum absolute atomic E-state index is 12.7. The fraction of sp³-hybridized carbons (Fsp3) is 0.857. The summed E-state index contributed by atoms with van der Waals surface area (Å²) < 4.78 is 5.54. The van der Waals surface area contributed by atoms with E-state index in [1.807, 2.05) is 6.92 Å². The summed E-state index contributed by atoms with van der Waals surface area (Å²) in [6, 6.07) is -0.357. The highest BCUT2D eigenvalue weighted by atomic mass is 16.5. The first-order valence-electron chi connectivity index (χ1n) is 7.55. The van der Waals surface area contributed by atoms with E-state index in [1.54, 1.807) is 9.80 Å². The van der Waals surface area contributed by atoms with Crippen LogP contribution in [0, 0.1) is 0 Å². The van der Waals surface area contributed by atoms with Crippen LogP contribution in [0.1, 0.15) is 32.6 Å². The predicted molar refractivity (Wildman–Crippen MR) is 75.0 cm³/mol. The van der Waals surface area contributed by atoms with Gasteiger partial charge in [-0.2, -0.15) is 0 Å². The van der Waals surface area contributed by atoms with Crippen LogP contribution in [0.15, 0.2) is 0 Å². The summed E-state index contributed by atoms with van der Waals surface area (Å²) in [6.07, 6.45) is 2.12. The SMILES string of the molecule is CC1CN(C(=O)N2CCCCC2CC(=O)O)CC(CO)O1. The molecule has 3 atom stereocenters. The van der Waals surface area contributed by atoms with Crippen LogP contribution in [-0.4, -0.2) is 76.5 Å². The van der Waals surface area contributed by atoms with Crippen molar-refractivity contribution in [1.29, 1.82) is 0 Å². The average molecular weight is 300 g/mol. The van der Waals surface area contributed by atoms with Crippen molar-refractivity contribution in [1.82, 2.24) is 9.80 Å². The molecule has 2 saturated heterocycles. The molecule has 2 rings (SSSR count). The molecule has 2 aliphatic rings. The number of carboxylic acid groups (broad SMARTS) is 1. The summed E-state index contributed by atoms with van der Waals surface area (Å²) in [7, 11) is 0. The van der Waals surface area contributed by atoms with Gasteiger partial charge in [-0.3, -0.25) is 4.79 Å². The van der Waals surface area contributed by atoms with Crippen molar-refractivity contribution in [2.45, 2.75) is 50.9 Å². The number of aliphatic hydroxyl groups is 1. The van der Waals surface area contributed by atoms with Gasteiger partial charge in [0.1, 0.15) is 0 Å². The molecule has 2 amide bonds. The molecule has 0 aromatic carbocycles. The first kappa shape index (κ1) is 16.0. The third-order valence-corrected chi connectivity index (χ3v) is 4.08. The van der Waals surface area contributed by atoms with Gasteiger partial charge in [-0.05, 0) is 26.2 Å². The van der Waals surface area contributed by atoms with Crippen LogP contribution in [0.2, 0.25) is 0 Å². The minimum absolute atomic E-state index is 0.00490. The first-order valence-corrected chi connectivity index (χ1v) is 7.55. The Balaban J connectivity index is 2.03. The van der Waals surface area contributed by atoms with Gasteiger partial charge in [-0.1, -0.05) is 0 Å². The van der Waals surface area contributed by atoms with Crippen molar-refractivity contribution in [3.05, 3.63) is 0 Å². The summed E-state index contributed by atoms with van der Waals surface area (Å²) in [6.45, 7) is 3.19. The highest BCUT2D eigenvalue weighted by Gasteiger charge is 2.35. The zero-order chi connectivity index (χ0) is 15.4. The molecule has 2 fully saturated rings. The number of hydrogen-bond acceptors (Lipinski definition) is 4. The zero-order valence-corrected chi connectivity index (χ0v) is 12.4. The minimum atomic E-state index is -0.872. The monoisotopic (exact) mass is 300 g/mol. The van der Waals surface area contributed by atoms with E-state index in [1.165, 1.54) is 0 Å². The van der Waals surface area contributed by atoms with E-state index in [2.05, 4.69) is 0 Å². The molecular formula is C14H24N2O5. The molecular weight excluding hydrogens is 276 g/mol. The van der Waals surface area contributed by atoms with E-state index in [9.17, 15) is 14.7 Å². The summed E-state index contributed by atoms with van der Waals surface area (Å²) in [5.74, 6) is -0.872. The minimum Gasteiger partial charge on any atom is -0.481 e. The quantitative estimate of drug-likeness (QED) is 0.793. The molecule has 7 heteroatoms. The molecule has 0 aromatic rings. The molecule has 3 unspecified atom stereocenters. The maximum atomic E-state index is 12.7. The average Bonchev–Trinajstić information content (AvgIpc) is 2.45. The fourth-order valence-corrected chi connectivity index (χ4v) is 3.15. The van der Waals surface area contributed by atoms with Crippen LogP contribution in [0.4, 0.5) is 4.79 Å². The van der Waals surface area contributed by atoms with Crippen molar-refractivity contribution in [3.63, 3.8) is 0 Å². The largest absolute Gasteiger partial charge is 0.481 e. The molecule has 0 saturated carbocycles. The van der Waals surface area contributed by atoms with E-state index >= 15 is 0 Å². The normalized spacial score (nSPS) is 30.3. The van der Waals surface area contributed by atoms with Crippen LogP contribution < -0.4 is 0 Å². The number of likely N-dealkylation sites (tertiary alicyclic amines) is 1. The van der Waals surface area contributed by atoms with Crippen molar-refractivity contribution >= 4 is 12.0 Å². The molecule has 120 valence electrons. The Kier molecular flexibility index (Phi) is 5.41. The van der Waals surface area contributed by atoms with E-state index in [0.717, 1.165) is 19.3 Å². The number of carbonyl (C=O) groups excluding carboxylic acids is 1. The molecule has 21 heavy (non-hydrogen) atoms. The van der Waals surface area contributed by atoms with Crippen LogP contribution in [0.3, 0.4) is 0 Å². The molecule has 0 spiro atoms. The Morgan fingerprint density at radius 3 is 2.71 bits per heavy atom. The van der Waals surface area contributed by atoms with Crippen LogP contribution in [0.25, 0.3) is 0 Å². The standard InChI is InChI=1S/C14H24N2O5/c1-10-7-15(8-12(9-17)21-10)14(20)16-5-3-2-4-11(16)6-13(18)19/h10-12,17H,2-9H2,1H3,(H,18,19). The summed E-state index contributed by atoms with van der Waals surface area (Å²) in [4.78, 5) is 27.0. The fourth-order valence-electron chi connectivity index (χ4n) is 3.15. The van der Waals surface area contributed by atoms with Gasteiger partial charge in [0.05, 0.1) is 31.8 Å². The lowest BCUT2D eigenvalue weighted by atomic mass is 9.99.